The molecule has 0 amide bonds. The van der Waals surface area contributed by atoms with Crippen LogP contribution in [0.5, 0.6) is 11.5 Å². The van der Waals surface area contributed by atoms with E-state index >= 15 is 0 Å². The van der Waals surface area contributed by atoms with E-state index in [0.29, 0.717) is 17.3 Å². The van der Waals surface area contributed by atoms with Crippen LogP contribution < -0.4 is 15.2 Å². The van der Waals surface area contributed by atoms with E-state index in [1.54, 1.807) is 20.3 Å². The first-order valence-corrected chi connectivity index (χ1v) is 8.12. The number of methoxy groups -OCH3 is 2. The summed E-state index contributed by atoms with van der Waals surface area (Å²) in [5, 5.41) is 0.770. The van der Waals surface area contributed by atoms with Crippen molar-refractivity contribution in [2.24, 2.45) is 7.05 Å². The molecule has 0 aliphatic carbocycles. The van der Waals surface area contributed by atoms with Gasteiger partial charge in [-0.1, -0.05) is 11.8 Å². The summed E-state index contributed by atoms with van der Waals surface area (Å²) in [7, 11) is 5.14. The molecule has 0 aliphatic heterocycles. The largest absolute Gasteiger partial charge is 0.497 e. The smallest absolute Gasteiger partial charge is 0.147 e. The van der Waals surface area contributed by atoms with Crippen molar-refractivity contribution in [3.63, 3.8) is 0 Å². The first-order valence-electron chi connectivity index (χ1n) is 7.04. The van der Waals surface area contributed by atoms with Crippen molar-refractivity contribution in [3.05, 3.63) is 39.4 Å². The molecule has 2 N–H and O–H groups in total. The molecule has 0 bridgehead atoms. The third-order valence-electron chi connectivity index (χ3n) is 3.61. The summed E-state index contributed by atoms with van der Waals surface area (Å²) >= 11 is 2.23. The highest BCUT2D eigenvalue weighted by atomic mass is 127. The molecule has 2 aromatic heterocycles. The molecule has 1 aromatic carbocycles. The molecule has 2 heterocycles. The molecule has 6 nitrogen and oxygen atoms in total. The maximum atomic E-state index is 6.02. The minimum atomic E-state index is 0.422. The number of aromatic nitrogens is 3. The van der Waals surface area contributed by atoms with E-state index in [1.807, 2.05) is 23.7 Å². The van der Waals surface area contributed by atoms with Crippen molar-refractivity contribution in [1.82, 2.24) is 14.5 Å². The lowest BCUT2D eigenvalue weighted by atomic mass is 10.1. The number of fused-ring (bicyclic) bond motifs is 1. The summed E-state index contributed by atoms with van der Waals surface area (Å²) in [4.78, 5) is 8.37. The number of halogens is 1. The first kappa shape index (κ1) is 16.4. The van der Waals surface area contributed by atoms with Gasteiger partial charge < -0.3 is 19.8 Å². The van der Waals surface area contributed by atoms with Gasteiger partial charge in [0.2, 0.25) is 0 Å². The molecule has 0 fully saturated rings. The minimum absolute atomic E-state index is 0.422. The SMILES string of the molecule is COc1cc(C#Cc2c(I)n(C)c3ncnc(N)c23)cc(OC)c1. The van der Waals surface area contributed by atoms with Gasteiger partial charge >= 0.3 is 0 Å². The monoisotopic (exact) mass is 434 g/mol. The number of ether oxygens (including phenoxy) is 2. The molecular weight excluding hydrogens is 419 g/mol. The molecule has 0 unspecified atom stereocenters. The Balaban J connectivity index is 2.16. The van der Waals surface area contributed by atoms with E-state index in [0.717, 1.165) is 25.9 Å². The molecule has 7 heteroatoms. The van der Waals surface area contributed by atoms with Gasteiger partial charge in [0.15, 0.2) is 0 Å². The number of nitrogens with two attached hydrogens (primary N) is 1. The third kappa shape index (κ3) is 2.85. The van der Waals surface area contributed by atoms with Gasteiger partial charge in [-0.15, -0.1) is 0 Å². The van der Waals surface area contributed by atoms with Crippen molar-refractivity contribution in [3.8, 4) is 23.3 Å². The van der Waals surface area contributed by atoms with Gasteiger partial charge in [-0.25, -0.2) is 9.97 Å². The molecule has 3 rings (SSSR count). The maximum absolute atomic E-state index is 6.02. The van der Waals surface area contributed by atoms with Gasteiger partial charge in [-0.3, -0.25) is 0 Å². The van der Waals surface area contributed by atoms with Gasteiger partial charge in [-0.05, 0) is 34.7 Å². The Bertz CT molecular complexity index is 963. The van der Waals surface area contributed by atoms with E-state index in [4.69, 9.17) is 15.2 Å². The summed E-state index contributed by atoms with van der Waals surface area (Å²) in [6, 6.07) is 5.51. The lowest BCUT2D eigenvalue weighted by Gasteiger charge is -2.04. The lowest BCUT2D eigenvalue weighted by molar-refractivity contribution is 0.394. The first-order chi connectivity index (χ1) is 11.5. The van der Waals surface area contributed by atoms with E-state index in [-0.39, 0.29) is 0 Å². The van der Waals surface area contributed by atoms with Crippen molar-refractivity contribution in [2.75, 3.05) is 20.0 Å². The Labute approximate surface area is 153 Å². The fourth-order valence-corrected chi connectivity index (χ4v) is 3.01. The minimum Gasteiger partial charge on any atom is -0.497 e. The van der Waals surface area contributed by atoms with Gasteiger partial charge in [0.05, 0.1) is 28.9 Å². The Morgan fingerprint density at radius 1 is 1.08 bits per heavy atom. The fourth-order valence-electron chi connectivity index (χ4n) is 2.38. The zero-order valence-electron chi connectivity index (χ0n) is 13.4. The summed E-state index contributed by atoms with van der Waals surface area (Å²) in [6.07, 6.45) is 1.46. The second kappa shape index (κ2) is 6.57. The molecule has 24 heavy (non-hydrogen) atoms. The van der Waals surface area contributed by atoms with Crippen LogP contribution in [0.15, 0.2) is 24.5 Å². The highest BCUT2D eigenvalue weighted by Crippen LogP contribution is 2.28. The predicted molar refractivity (Wildman–Crippen MR) is 101 cm³/mol. The fraction of sp³-hybridized carbons (Fsp3) is 0.176. The van der Waals surface area contributed by atoms with Crippen molar-refractivity contribution < 1.29 is 9.47 Å². The summed E-state index contributed by atoms with van der Waals surface area (Å²) in [5.74, 6) is 8.13. The second-order valence-corrected chi connectivity index (χ2v) is 6.06. The molecule has 0 saturated heterocycles. The van der Waals surface area contributed by atoms with E-state index in [2.05, 4.69) is 44.4 Å². The van der Waals surface area contributed by atoms with Crippen molar-refractivity contribution in [2.45, 2.75) is 0 Å². The van der Waals surface area contributed by atoms with E-state index < -0.39 is 0 Å². The van der Waals surface area contributed by atoms with Crippen molar-refractivity contribution in [1.29, 1.82) is 0 Å². The quantitative estimate of drug-likeness (QED) is 0.496. The normalized spacial score (nSPS) is 10.3. The lowest BCUT2D eigenvalue weighted by Crippen LogP contribution is -1.95. The van der Waals surface area contributed by atoms with Crippen LogP contribution in [0.4, 0.5) is 5.82 Å². The summed E-state index contributed by atoms with van der Waals surface area (Å²) < 4.78 is 13.5. The average Bonchev–Trinajstić information content (AvgIpc) is 2.85. The number of rotatable bonds is 2. The Morgan fingerprint density at radius 2 is 1.75 bits per heavy atom. The molecule has 3 aromatic rings. The Morgan fingerprint density at radius 3 is 2.38 bits per heavy atom. The van der Waals surface area contributed by atoms with Gasteiger partial charge in [0, 0.05) is 18.7 Å². The van der Waals surface area contributed by atoms with Crippen LogP contribution in [0.25, 0.3) is 11.0 Å². The van der Waals surface area contributed by atoms with E-state index in [1.165, 1.54) is 6.33 Å². The molecule has 0 aliphatic rings. The third-order valence-corrected chi connectivity index (χ3v) is 4.87. The van der Waals surface area contributed by atoms with Crippen LogP contribution in [-0.2, 0) is 7.05 Å². The predicted octanol–water partition coefficient (Wildman–Crippen LogP) is 2.57. The number of nitrogens with zero attached hydrogens (tertiary/aromatic N) is 3. The molecule has 0 atom stereocenters. The van der Waals surface area contributed by atoms with Crippen LogP contribution in [-0.4, -0.2) is 28.8 Å². The van der Waals surface area contributed by atoms with Crippen molar-refractivity contribution >= 4 is 39.4 Å². The van der Waals surface area contributed by atoms with Crippen LogP contribution >= 0.6 is 22.6 Å². The van der Waals surface area contributed by atoms with Gasteiger partial charge in [0.1, 0.15) is 29.3 Å². The number of hydrogen-bond acceptors (Lipinski definition) is 5. The molecule has 0 saturated carbocycles. The molecule has 0 spiro atoms. The highest BCUT2D eigenvalue weighted by Gasteiger charge is 2.15. The number of hydrogen-bond donors (Lipinski definition) is 1. The zero-order chi connectivity index (χ0) is 17.3. The topological polar surface area (TPSA) is 75.2 Å². The summed E-state index contributed by atoms with van der Waals surface area (Å²) in [6.45, 7) is 0. The number of anilines is 1. The highest BCUT2D eigenvalue weighted by molar-refractivity contribution is 14.1. The molecule has 0 radical (unpaired) electrons. The number of benzene rings is 1. The molecule has 122 valence electrons. The Hall–Kier alpha value is -2.47. The molecular formula is C17H15IN4O2. The number of nitrogen functional groups attached to an aromatic ring is 1. The maximum Gasteiger partial charge on any atom is 0.147 e. The van der Waals surface area contributed by atoms with Gasteiger partial charge in [-0.2, -0.15) is 0 Å². The standard InChI is InChI=1S/C17H15IN4O2/c1-22-15(18)13(14-16(19)20-9-21-17(14)22)5-4-10-6-11(23-2)8-12(7-10)24-3/h6-9H,1-3H3,(H2,19,20,21). The van der Waals surface area contributed by atoms with Crippen LogP contribution in [0.2, 0.25) is 0 Å². The zero-order valence-corrected chi connectivity index (χ0v) is 15.6. The van der Waals surface area contributed by atoms with Crippen LogP contribution in [0.1, 0.15) is 11.1 Å². The van der Waals surface area contributed by atoms with Crippen LogP contribution in [0, 0.1) is 15.5 Å². The summed E-state index contributed by atoms with van der Waals surface area (Å²) in [5.41, 5.74) is 8.39. The van der Waals surface area contributed by atoms with E-state index in [9.17, 15) is 0 Å². The second-order valence-electron chi connectivity index (χ2n) is 5.03. The Kier molecular flexibility index (Phi) is 4.49. The van der Waals surface area contributed by atoms with Crippen LogP contribution in [0.3, 0.4) is 0 Å². The van der Waals surface area contributed by atoms with Gasteiger partial charge in [0.25, 0.3) is 0 Å². The number of aryl methyl sites for hydroxylation is 1. The average molecular weight is 434 g/mol.